The summed E-state index contributed by atoms with van der Waals surface area (Å²) in [7, 11) is 0. The van der Waals surface area contributed by atoms with Crippen molar-refractivity contribution in [3.63, 3.8) is 0 Å². The molecule has 1 N–H and O–H groups in total. The molecule has 1 aliphatic carbocycles. The second-order valence-electron chi connectivity index (χ2n) is 7.46. The number of nitrogens with zero attached hydrogens (tertiary/aromatic N) is 4. The predicted octanol–water partition coefficient (Wildman–Crippen LogP) is 1.12. The van der Waals surface area contributed by atoms with E-state index in [1.165, 1.54) is 6.33 Å². The van der Waals surface area contributed by atoms with E-state index in [2.05, 4.69) is 20.4 Å². The number of amides is 2. The van der Waals surface area contributed by atoms with Crippen molar-refractivity contribution < 1.29 is 14.4 Å². The van der Waals surface area contributed by atoms with Crippen molar-refractivity contribution in [3.8, 4) is 0 Å². The Morgan fingerprint density at radius 1 is 1.23 bits per heavy atom. The lowest BCUT2D eigenvalue weighted by molar-refractivity contribution is -0.115. The first kappa shape index (κ1) is 16.9. The molecule has 1 saturated carbocycles. The zero-order valence-corrected chi connectivity index (χ0v) is 15.1. The summed E-state index contributed by atoms with van der Waals surface area (Å²) in [4.78, 5) is 40.7. The van der Waals surface area contributed by atoms with Crippen molar-refractivity contribution in [2.75, 3.05) is 13.1 Å². The van der Waals surface area contributed by atoms with Gasteiger partial charge in [-0.15, -0.1) is 0 Å². The fraction of sp³-hybridized carbons (Fsp3) is 0.611. The minimum Gasteiger partial charge on any atom is -0.388 e. The third kappa shape index (κ3) is 3.15. The van der Waals surface area contributed by atoms with Gasteiger partial charge in [-0.2, -0.15) is 0 Å². The summed E-state index contributed by atoms with van der Waals surface area (Å²) in [5, 5.41) is 6.98. The van der Waals surface area contributed by atoms with Crippen LogP contribution in [0.4, 0.5) is 0 Å². The molecule has 26 heavy (non-hydrogen) atoms. The van der Waals surface area contributed by atoms with Crippen LogP contribution in [-0.4, -0.2) is 57.1 Å². The van der Waals surface area contributed by atoms with Crippen LogP contribution in [0.2, 0.25) is 0 Å². The lowest BCUT2D eigenvalue weighted by Gasteiger charge is -2.37. The zero-order valence-electron chi connectivity index (χ0n) is 15.1. The molecule has 4 rings (SSSR count). The van der Waals surface area contributed by atoms with Gasteiger partial charge < -0.3 is 15.1 Å². The van der Waals surface area contributed by atoms with Gasteiger partial charge in [-0.3, -0.25) is 9.59 Å². The van der Waals surface area contributed by atoms with Crippen molar-refractivity contribution in [1.82, 2.24) is 20.2 Å². The molecule has 0 aromatic carbocycles. The maximum Gasteiger partial charge on any atom is 0.272 e. The quantitative estimate of drug-likeness (QED) is 0.874. The average molecular weight is 357 g/mol. The topological polar surface area (TPSA) is 96.8 Å². The number of carbonyl (C=O) groups excluding carboxylic acids is 2. The van der Waals surface area contributed by atoms with Gasteiger partial charge in [-0.05, 0) is 26.7 Å². The molecule has 8 heteroatoms. The second kappa shape index (κ2) is 6.34. The summed E-state index contributed by atoms with van der Waals surface area (Å²) in [6.45, 7) is 4.87. The Balaban J connectivity index is 1.36. The maximum atomic E-state index is 12.8. The molecule has 0 atom stereocenters. The van der Waals surface area contributed by atoms with Crippen molar-refractivity contribution in [2.24, 2.45) is 5.16 Å². The lowest BCUT2D eigenvalue weighted by atomic mass is 9.86. The van der Waals surface area contributed by atoms with Crippen LogP contribution in [0.1, 0.15) is 53.8 Å². The van der Waals surface area contributed by atoms with Crippen LogP contribution in [0, 0.1) is 13.8 Å². The van der Waals surface area contributed by atoms with Crippen LogP contribution >= 0.6 is 0 Å². The van der Waals surface area contributed by atoms with Crippen molar-refractivity contribution in [3.05, 3.63) is 23.3 Å². The number of hydrogen-bond acceptors (Lipinski definition) is 6. The van der Waals surface area contributed by atoms with E-state index in [-0.39, 0.29) is 11.8 Å². The molecule has 2 aliphatic heterocycles. The van der Waals surface area contributed by atoms with Crippen LogP contribution in [0.15, 0.2) is 11.5 Å². The van der Waals surface area contributed by atoms with Crippen molar-refractivity contribution in [2.45, 2.75) is 57.6 Å². The number of hydrogen-bond donors (Lipinski definition) is 1. The van der Waals surface area contributed by atoms with Crippen LogP contribution in [0.3, 0.4) is 0 Å². The van der Waals surface area contributed by atoms with Gasteiger partial charge in [0, 0.05) is 49.7 Å². The SMILES string of the molecule is Cc1ncnc(C(=O)N2CCC3(CC2)CC(C(=O)NC2CC2)=NO3)c1C. The molecular weight excluding hydrogens is 334 g/mol. The van der Waals surface area contributed by atoms with E-state index in [1.54, 1.807) is 4.90 Å². The number of piperidine rings is 1. The van der Waals surface area contributed by atoms with E-state index in [4.69, 9.17) is 4.84 Å². The van der Waals surface area contributed by atoms with Gasteiger partial charge in [-0.25, -0.2) is 9.97 Å². The highest BCUT2D eigenvalue weighted by Gasteiger charge is 2.45. The van der Waals surface area contributed by atoms with Gasteiger partial charge in [0.05, 0.1) is 0 Å². The molecule has 1 aromatic heterocycles. The maximum absolute atomic E-state index is 12.8. The molecule has 1 aromatic rings. The molecule has 2 fully saturated rings. The van der Waals surface area contributed by atoms with E-state index in [0.29, 0.717) is 49.8 Å². The summed E-state index contributed by atoms with van der Waals surface area (Å²) in [5.41, 5.74) is 2.11. The molecule has 0 radical (unpaired) electrons. The standard InChI is InChI=1S/C18H23N5O3/c1-11-12(2)19-10-20-15(11)17(25)23-7-5-18(6-8-23)9-14(22-26-18)16(24)21-13-3-4-13/h10,13H,3-9H2,1-2H3,(H,21,24). The highest BCUT2D eigenvalue weighted by Crippen LogP contribution is 2.35. The number of nitrogens with one attached hydrogen (secondary N) is 1. The number of rotatable bonds is 3. The second-order valence-corrected chi connectivity index (χ2v) is 7.46. The zero-order chi connectivity index (χ0) is 18.3. The third-order valence-electron chi connectivity index (χ3n) is 5.51. The Bertz CT molecular complexity index is 779. The van der Waals surface area contributed by atoms with Crippen molar-refractivity contribution in [1.29, 1.82) is 0 Å². The Hall–Kier alpha value is -2.51. The molecule has 3 aliphatic rings. The van der Waals surface area contributed by atoms with E-state index in [1.807, 2.05) is 13.8 Å². The predicted molar refractivity (Wildman–Crippen MR) is 93.7 cm³/mol. The molecule has 138 valence electrons. The average Bonchev–Trinajstić information content (AvgIpc) is 3.36. The van der Waals surface area contributed by atoms with E-state index < -0.39 is 5.60 Å². The number of aryl methyl sites for hydroxylation is 1. The Kier molecular flexibility index (Phi) is 4.13. The summed E-state index contributed by atoms with van der Waals surface area (Å²) >= 11 is 0. The van der Waals surface area contributed by atoms with Crippen LogP contribution < -0.4 is 5.32 Å². The number of carbonyl (C=O) groups is 2. The fourth-order valence-corrected chi connectivity index (χ4v) is 3.43. The molecule has 2 amide bonds. The normalized spacial score (nSPS) is 21.3. The largest absolute Gasteiger partial charge is 0.388 e. The smallest absolute Gasteiger partial charge is 0.272 e. The summed E-state index contributed by atoms with van der Waals surface area (Å²) in [6, 6.07) is 0.306. The summed E-state index contributed by atoms with van der Waals surface area (Å²) < 4.78 is 0. The van der Waals surface area contributed by atoms with Gasteiger partial charge >= 0.3 is 0 Å². The Labute approximate surface area is 152 Å². The van der Waals surface area contributed by atoms with Gasteiger partial charge in [0.2, 0.25) is 0 Å². The van der Waals surface area contributed by atoms with Gasteiger partial charge in [0.15, 0.2) is 0 Å². The first-order chi connectivity index (χ1) is 12.5. The minimum atomic E-state index is -0.455. The fourth-order valence-electron chi connectivity index (χ4n) is 3.43. The highest BCUT2D eigenvalue weighted by atomic mass is 16.7. The van der Waals surface area contributed by atoms with E-state index in [0.717, 1.165) is 24.1 Å². The van der Waals surface area contributed by atoms with Crippen LogP contribution in [0.5, 0.6) is 0 Å². The Morgan fingerprint density at radius 3 is 2.65 bits per heavy atom. The molecule has 0 bridgehead atoms. The molecule has 1 spiro atoms. The molecule has 1 saturated heterocycles. The number of oxime groups is 1. The molecule has 8 nitrogen and oxygen atoms in total. The van der Waals surface area contributed by atoms with Crippen LogP contribution in [-0.2, 0) is 9.63 Å². The molecular formula is C18H23N5O3. The van der Waals surface area contributed by atoms with Gasteiger partial charge in [0.25, 0.3) is 11.8 Å². The van der Waals surface area contributed by atoms with Gasteiger partial charge in [-0.1, -0.05) is 5.16 Å². The minimum absolute atomic E-state index is 0.0755. The summed E-state index contributed by atoms with van der Waals surface area (Å²) in [5.74, 6) is -0.191. The monoisotopic (exact) mass is 357 g/mol. The summed E-state index contributed by atoms with van der Waals surface area (Å²) in [6.07, 6.45) is 5.35. The van der Waals surface area contributed by atoms with Crippen LogP contribution in [0.25, 0.3) is 0 Å². The van der Waals surface area contributed by atoms with E-state index >= 15 is 0 Å². The molecule has 3 heterocycles. The Morgan fingerprint density at radius 2 is 1.96 bits per heavy atom. The molecule has 0 unspecified atom stereocenters. The first-order valence-electron chi connectivity index (χ1n) is 9.11. The first-order valence-corrected chi connectivity index (χ1v) is 9.11. The third-order valence-corrected chi connectivity index (χ3v) is 5.51. The van der Waals surface area contributed by atoms with Crippen molar-refractivity contribution >= 4 is 17.5 Å². The van der Waals surface area contributed by atoms with E-state index in [9.17, 15) is 9.59 Å². The lowest BCUT2D eigenvalue weighted by Crippen LogP contribution is -2.47. The van der Waals surface area contributed by atoms with Gasteiger partial charge in [0.1, 0.15) is 23.3 Å². The number of likely N-dealkylation sites (tertiary alicyclic amines) is 1. The number of aromatic nitrogens is 2. The highest BCUT2D eigenvalue weighted by molar-refractivity contribution is 6.39.